The molecular weight excluding hydrogens is 228 g/mol. The van der Waals surface area contributed by atoms with Gasteiger partial charge in [0.25, 0.3) is 5.91 Å². The average Bonchev–Trinajstić information content (AvgIpc) is 2.39. The van der Waals surface area contributed by atoms with Gasteiger partial charge in [0.1, 0.15) is 5.82 Å². The molecule has 0 aromatic carbocycles. The Hall–Kier alpha value is -1.62. The molecule has 2 rings (SSSR count). The Morgan fingerprint density at radius 3 is 2.78 bits per heavy atom. The van der Waals surface area contributed by atoms with E-state index >= 15 is 0 Å². The van der Waals surface area contributed by atoms with E-state index in [9.17, 15) is 4.79 Å². The predicted molar refractivity (Wildman–Crippen MR) is 71.8 cm³/mol. The molecule has 0 aliphatic carbocycles. The van der Waals surface area contributed by atoms with E-state index < -0.39 is 0 Å². The first-order valence-electron chi connectivity index (χ1n) is 6.38. The number of hydrogen-bond donors (Lipinski definition) is 1. The van der Waals surface area contributed by atoms with Crippen molar-refractivity contribution in [3.63, 3.8) is 0 Å². The molecule has 1 aliphatic rings. The maximum Gasteiger partial charge on any atom is 0.254 e. The molecule has 1 amide bonds. The zero-order chi connectivity index (χ0) is 13.0. The molecule has 5 heteroatoms. The van der Waals surface area contributed by atoms with Crippen LogP contribution in [0.15, 0.2) is 18.3 Å². The van der Waals surface area contributed by atoms with Crippen LogP contribution in [-0.4, -0.2) is 60.5 Å². The monoisotopic (exact) mass is 248 g/mol. The maximum atomic E-state index is 12.3. The number of carbonyl (C=O) groups is 1. The minimum Gasteiger partial charge on any atom is -0.370 e. The van der Waals surface area contributed by atoms with Crippen LogP contribution in [0.1, 0.15) is 17.3 Å². The summed E-state index contributed by atoms with van der Waals surface area (Å²) in [6, 6.07) is 3.60. The van der Waals surface area contributed by atoms with Crippen molar-refractivity contribution in [1.29, 1.82) is 0 Å². The van der Waals surface area contributed by atoms with Crippen molar-refractivity contribution < 1.29 is 4.79 Å². The van der Waals surface area contributed by atoms with Crippen molar-refractivity contribution in [1.82, 2.24) is 14.8 Å². The molecule has 18 heavy (non-hydrogen) atoms. The Morgan fingerprint density at radius 2 is 2.11 bits per heavy atom. The molecular formula is C13H20N4O. The van der Waals surface area contributed by atoms with Crippen molar-refractivity contribution in [3.8, 4) is 0 Å². The van der Waals surface area contributed by atoms with E-state index in [0.717, 1.165) is 38.5 Å². The molecule has 1 fully saturated rings. The summed E-state index contributed by atoms with van der Waals surface area (Å²) in [7, 11) is 2.08. The summed E-state index contributed by atoms with van der Waals surface area (Å²) in [5.41, 5.74) is 0.713. The standard InChI is InChI=1S/C13H20N4O/c1-3-14-12-10-11(4-5-15-12)13(18)17-8-6-16(2)7-9-17/h4-5,10H,3,6-9H2,1-2H3,(H,14,15). The summed E-state index contributed by atoms with van der Waals surface area (Å²) in [5.74, 6) is 0.863. The minimum atomic E-state index is 0.102. The number of aromatic nitrogens is 1. The molecule has 1 aromatic heterocycles. The van der Waals surface area contributed by atoms with E-state index in [1.807, 2.05) is 17.9 Å². The molecule has 0 saturated carbocycles. The highest BCUT2D eigenvalue weighted by Gasteiger charge is 2.20. The molecule has 0 spiro atoms. The van der Waals surface area contributed by atoms with Crippen LogP contribution in [-0.2, 0) is 0 Å². The molecule has 1 saturated heterocycles. The molecule has 0 atom stereocenters. The molecule has 98 valence electrons. The second-order valence-electron chi connectivity index (χ2n) is 4.56. The summed E-state index contributed by atoms with van der Waals surface area (Å²) >= 11 is 0. The number of pyridine rings is 1. The van der Waals surface area contributed by atoms with Crippen molar-refractivity contribution >= 4 is 11.7 Å². The van der Waals surface area contributed by atoms with E-state index in [-0.39, 0.29) is 5.91 Å². The lowest BCUT2D eigenvalue weighted by Gasteiger charge is -2.32. The van der Waals surface area contributed by atoms with Gasteiger partial charge in [-0.15, -0.1) is 0 Å². The van der Waals surface area contributed by atoms with E-state index in [0.29, 0.717) is 5.56 Å². The summed E-state index contributed by atoms with van der Waals surface area (Å²) in [6.07, 6.45) is 1.68. The number of piperazine rings is 1. The fraction of sp³-hybridized carbons (Fsp3) is 0.538. The molecule has 2 heterocycles. The summed E-state index contributed by atoms with van der Waals surface area (Å²) in [6.45, 7) is 6.30. The van der Waals surface area contributed by atoms with Crippen molar-refractivity contribution in [3.05, 3.63) is 23.9 Å². The minimum absolute atomic E-state index is 0.102. The smallest absolute Gasteiger partial charge is 0.254 e. The van der Waals surface area contributed by atoms with Gasteiger partial charge in [-0.2, -0.15) is 0 Å². The molecule has 0 unspecified atom stereocenters. The Labute approximate surface area is 108 Å². The van der Waals surface area contributed by atoms with Crippen LogP contribution in [0.25, 0.3) is 0 Å². The molecule has 5 nitrogen and oxygen atoms in total. The number of rotatable bonds is 3. The van der Waals surface area contributed by atoms with Gasteiger partial charge in [0.15, 0.2) is 0 Å². The molecule has 1 aliphatic heterocycles. The van der Waals surface area contributed by atoms with Crippen LogP contribution in [0.4, 0.5) is 5.82 Å². The van der Waals surface area contributed by atoms with Gasteiger partial charge in [0.2, 0.25) is 0 Å². The number of amides is 1. The van der Waals surface area contributed by atoms with Crippen molar-refractivity contribution in [2.24, 2.45) is 0 Å². The summed E-state index contributed by atoms with van der Waals surface area (Å²) in [4.78, 5) is 20.6. The molecule has 0 radical (unpaired) electrons. The lowest BCUT2D eigenvalue weighted by Crippen LogP contribution is -2.47. The fourth-order valence-electron chi connectivity index (χ4n) is 2.03. The number of carbonyl (C=O) groups excluding carboxylic acids is 1. The first-order valence-corrected chi connectivity index (χ1v) is 6.38. The second kappa shape index (κ2) is 5.82. The van der Waals surface area contributed by atoms with Crippen molar-refractivity contribution in [2.75, 3.05) is 45.1 Å². The van der Waals surface area contributed by atoms with Crippen molar-refractivity contribution in [2.45, 2.75) is 6.92 Å². The number of nitrogens with one attached hydrogen (secondary N) is 1. The van der Waals surface area contributed by atoms with Crippen LogP contribution in [0.5, 0.6) is 0 Å². The molecule has 1 aromatic rings. The van der Waals surface area contributed by atoms with Gasteiger partial charge in [-0.05, 0) is 26.1 Å². The Bertz CT molecular complexity index is 413. The van der Waals surface area contributed by atoms with Crippen LogP contribution in [0, 0.1) is 0 Å². The SMILES string of the molecule is CCNc1cc(C(=O)N2CCN(C)CC2)ccn1. The Balaban J connectivity index is 2.06. The largest absolute Gasteiger partial charge is 0.370 e. The number of likely N-dealkylation sites (N-methyl/N-ethyl adjacent to an activating group) is 1. The zero-order valence-corrected chi connectivity index (χ0v) is 11.0. The molecule has 1 N–H and O–H groups in total. The van der Waals surface area contributed by atoms with Crippen LogP contribution < -0.4 is 5.32 Å². The average molecular weight is 248 g/mol. The lowest BCUT2D eigenvalue weighted by molar-refractivity contribution is 0.0664. The van der Waals surface area contributed by atoms with Crippen LogP contribution in [0.3, 0.4) is 0 Å². The first kappa shape index (κ1) is 12.8. The van der Waals surface area contributed by atoms with E-state index in [4.69, 9.17) is 0 Å². The Morgan fingerprint density at radius 1 is 1.39 bits per heavy atom. The van der Waals surface area contributed by atoms with E-state index in [1.165, 1.54) is 0 Å². The number of hydrogen-bond acceptors (Lipinski definition) is 4. The topological polar surface area (TPSA) is 48.5 Å². The summed E-state index contributed by atoms with van der Waals surface area (Å²) < 4.78 is 0. The third-order valence-electron chi connectivity index (χ3n) is 3.16. The quantitative estimate of drug-likeness (QED) is 0.863. The zero-order valence-electron chi connectivity index (χ0n) is 11.0. The van der Waals surface area contributed by atoms with Gasteiger partial charge in [-0.3, -0.25) is 4.79 Å². The highest BCUT2D eigenvalue weighted by molar-refractivity contribution is 5.94. The third kappa shape index (κ3) is 2.98. The fourth-order valence-corrected chi connectivity index (χ4v) is 2.03. The van der Waals surface area contributed by atoms with Crippen LogP contribution >= 0.6 is 0 Å². The number of anilines is 1. The van der Waals surface area contributed by atoms with Gasteiger partial charge in [-0.25, -0.2) is 4.98 Å². The third-order valence-corrected chi connectivity index (χ3v) is 3.16. The Kier molecular flexibility index (Phi) is 4.15. The highest BCUT2D eigenvalue weighted by atomic mass is 16.2. The van der Waals surface area contributed by atoms with Gasteiger partial charge < -0.3 is 15.1 Å². The second-order valence-corrected chi connectivity index (χ2v) is 4.56. The van der Waals surface area contributed by atoms with Gasteiger partial charge in [0, 0.05) is 44.5 Å². The first-order chi connectivity index (χ1) is 8.70. The summed E-state index contributed by atoms with van der Waals surface area (Å²) in [5, 5.41) is 3.12. The highest BCUT2D eigenvalue weighted by Crippen LogP contribution is 2.11. The normalized spacial score (nSPS) is 16.7. The number of nitrogens with zero attached hydrogens (tertiary/aromatic N) is 3. The predicted octanol–water partition coefficient (Wildman–Crippen LogP) is 0.901. The maximum absolute atomic E-state index is 12.3. The van der Waals surface area contributed by atoms with Crippen LogP contribution in [0.2, 0.25) is 0 Å². The van der Waals surface area contributed by atoms with Gasteiger partial charge >= 0.3 is 0 Å². The molecule has 0 bridgehead atoms. The van der Waals surface area contributed by atoms with E-state index in [1.54, 1.807) is 12.3 Å². The van der Waals surface area contributed by atoms with Gasteiger partial charge in [-0.1, -0.05) is 0 Å². The van der Waals surface area contributed by atoms with E-state index in [2.05, 4.69) is 22.2 Å². The lowest BCUT2D eigenvalue weighted by atomic mass is 10.2. The van der Waals surface area contributed by atoms with Gasteiger partial charge in [0.05, 0.1) is 0 Å².